The molecule has 0 aromatic heterocycles. The predicted octanol–water partition coefficient (Wildman–Crippen LogP) is 2.25. The first-order valence-electron chi connectivity index (χ1n) is 5.23. The first kappa shape index (κ1) is 12.0. The molecule has 0 spiro atoms. The molecule has 5 heteroatoms. The van der Waals surface area contributed by atoms with Gasteiger partial charge in [0.1, 0.15) is 5.82 Å². The molecule has 17 heavy (non-hydrogen) atoms. The van der Waals surface area contributed by atoms with E-state index in [1.807, 2.05) is 0 Å². The Morgan fingerprint density at radius 1 is 1.47 bits per heavy atom. The molecule has 0 aliphatic carbocycles. The van der Waals surface area contributed by atoms with Crippen molar-refractivity contribution in [1.29, 1.82) is 0 Å². The number of benzene rings is 1. The summed E-state index contributed by atoms with van der Waals surface area (Å²) in [6, 6.07) is 4.16. The average Bonchev–Trinajstić information content (AvgIpc) is 2.58. The van der Waals surface area contributed by atoms with Gasteiger partial charge in [0.15, 0.2) is 0 Å². The van der Waals surface area contributed by atoms with Crippen LogP contribution in [0.3, 0.4) is 0 Å². The third-order valence-electron chi connectivity index (χ3n) is 2.83. The largest absolute Gasteiger partial charge is 0.274 e. The number of alkyl halides is 1. The van der Waals surface area contributed by atoms with Crippen LogP contribution in [0.1, 0.15) is 12.0 Å². The SMILES string of the molecule is Cc1cc(N2C(=O)CC(CCl)C2=O)ccc1F. The lowest BCUT2D eigenvalue weighted by Gasteiger charge is -2.15. The van der Waals surface area contributed by atoms with Crippen LogP contribution in [0.4, 0.5) is 10.1 Å². The van der Waals surface area contributed by atoms with E-state index in [9.17, 15) is 14.0 Å². The molecule has 1 aromatic carbocycles. The number of hydrogen-bond acceptors (Lipinski definition) is 2. The minimum atomic E-state index is -0.463. The van der Waals surface area contributed by atoms with Gasteiger partial charge in [0.25, 0.3) is 0 Å². The summed E-state index contributed by atoms with van der Waals surface area (Å²) < 4.78 is 13.1. The second-order valence-electron chi connectivity index (χ2n) is 4.06. The molecule has 3 nitrogen and oxygen atoms in total. The van der Waals surface area contributed by atoms with Crippen molar-refractivity contribution >= 4 is 29.1 Å². The zero-order chi connectivity index (χ0) is 12.6. The van der Waals surface area contributed by atoms with Crippen molar-refractivity contribution in [2.75, 3.05) is 10.8 Å². The van der Waals surface area contributed by atoms with Crippen molar-refractivity contribution in [3.8, 4) is 0 Å². The van der Waals surface area contributed by atoms with Crippen LogP contribution in [0.25, 0.3) is 0 Å². The molecule has 90 valence electrons. The van der Waals surface area contributed by atoms with Crippen LogP contribution >= 0.6 is 11.6 Å². The molecule has 1 heterocycles. The number of anilines is 1. The van der Waals surface area contributed by atoms with E-state index in [1.165, 1.54) is 18.2 Å². The molecular weight excluding hydrogens is 245 g/mol. The van der Waals surface area contributed by atoms with Crippen LogP contribution in [-0.2, 0) is 9.59 Å². The van der Waals surface area contributed by atoms with E-state index in [2.05, 4.69) is 0 Å². The number of nitrogens with zero attached hydrogens (tertiary/aromatic N) is 1. The van der Waals surface area contributed by atoms with E-state index in [1.54, 1.807) is 6.92 Å². The summed E-state index contributed by atoms with van der Waals surface area (Å²) in [6.45, 7) is 1.59. The van der Waals surface area contributed by atoms with Gasteiger partial charge in [-0.05, 0) is 30.7 Å². The van der Waals surface area contributed by atoms with Crippen LogP contribution in [0.15, 0.2) is 18.2 Å². The van der Waals surface area contributed by atoms with E-state index >= 15 is 0 Å². The highest BCUT2D eigenvalue weighted by Gasteiger charge is 2.38. The normalized spacial score (nSPS) is 20.2. The second kappa shape index (κ2) is 4.45. The van der Waals surface area contributed by atoms with Crippen LogP contribution in [-0.4, -0.2) is 17.7 Å². The van der Waals surface area contributed by atoms with Gasteiger partial charge in [-0.1, -0.05) is 0 Å². The van der Waals surface area contributed by atoms with Crippen molar-refractivity contribution in [1.82, 2.24) is 0 Å². The minimum Gasteiger partial charge on any atom is -0.274 e. The molecule has 1 unspecified atom stereocenters. The second-order valence-corrected chi connectivity index (χ2v) is 4.36. The maximum atomic E-state index is 13.1. The van der Waals surface area contributed by atoms with Gasteiger partial charge in [0.2, 0.25) is 11.8 Å². The maximum Gasteiger partial charge on any atom is 0.238 e. The number of amides is 2. The maximum absolute atomic E-state index is 13.1. The Labute approximate surface area is 103 Å². The Morgan fingerprint density at radius 3 is 2.71 bits per heavy atom. The Hall–Kier alpha value is -1.42. The average molecular weight is 256 g/mol. The van der Waals surface area contributed by atoms with Gasteiger partial charge >= 0.3 is 0 Å². The fourth-order valence-electron chi connectivity index (χ4n) is 1.85. The fraction of sp³-hybridized carbons (Fsp3) is 0.333. The summed E-state index contributed by atoms with van der Waals surface area (Å²) in [7, 11) is 0. The molecule has 0 bridgehead atoms. The first-order chi connectivity index (χ1) is 8.04. The highest BCUT2D eigenvalue weighted by Crippen LogP contribution is 2.28. The smallest absolute Gasteiger partial charge is 0.238 e. The molecule has 2 rings (SSSR count). The predicted molar refractivity (Wildman–Crippen MR) is 62.5 cm³/mol. The number of imide groups is 1. The van der Waals surface area contributed by atoms with Crippen molar-refractivity contribution in [3.05, 3.63) is 29.6 Å². The van der Waals surface area contributed by atoms with E-state index < -0.39 is 5.92 Å². The van der Waals surface area contributed by atoms with Gasteiger partial charge in [-0.2, -0.15) is 0 Å². The Balaban J connectivity index is 2.36. The quantitative estimate of drug-likeness (QED) is 0.600. The summed E-state index contributed by atoms with van der Waals surface area (Å²) >= 11 is 5.62. The summed E-state index contributed by atoms with van der Waals surface area (Å²) in [6.07, 6.45) is 0.124. The molecule has 0 N–H and O–H groups in total. The zero-order valence-corrected chi connectivity index (χ0v) is 10.00. The molecule has 1 aliphatic heterocycles. The molecule has 1 aliphatic rings. The van der Waals surface area contributed by atoms with Gasteiger partial charge in [-0.3, -0.25) is 14.5 Å². The van der Waals surface area contributed by atoms with Crippen molar-refractivity contribution in [2.45, 2.75) is 13.3 Å². The van der Waals surface area contributed by atoms with Crippen molar-refractivity contribution in [3.63, 3.8) is 0 Å². The third kappa shape index (κ3) is 2.05. The fourth-order valence-corrected chi connectivity index (χ4v) is 2.10. The number of carbonyl (C=O) groups excluding carboxylic acids is 2. The van der Waals surface area contributed by atoms with Crippen LogP contribution in [0.2, 0.25) is 0 Å². The van der Waals surface area contributed by atoms with Gasteiger partial charge in [0, 0.05) is 12.3 Å². The van der Waals surface area contributed by atoms with Gasteiger partial charge < -0.3 is 0 Å². The molecule has 1 atom stereocenters. The molecule has 1 saturated heterocycles. The van der Waals surface area contributed by atoms with E-state index in [0.29, 0.717) is 11.3 Å². The van der Waals surface area contributed by atoms with Crippen molar-refractivity contribution < 1.29 is 14.0 Å². The van der Waals surface area contributed by atoms with Gasteiger partial charge in [0.05, 0.1) is 11.6 Å². The molecule has 1 aromatic rings. The number of hydrogen-bond donors (Lipinski definition) is 0. The third-order valence-corrected chi connectivity index (χ3v) is 3.20. The zero-order valence-electron chi connectivity index (χ0n) is 9.24. The Kier molecular flexibility index (Phi) is 3.15. The highest BCUT2D eigenvalue weighted by molar-refractivity contribution is 6.25. The summed E-state index contributed by atoms with van der Waals surface area (Å²) in [5, 5.41) is 0. The van der Waals surface area contributed by atoms with E-state index in [0.717, 1.165) is 4.90 Å². The lowest BCUT2D eigenvalue weighted by atomic mass is 10.1. The highest BCUT2D eigenvalue weighted by atomic mass is 35.5. The lowest BCUT2D eigenvalue weighted by molar-refractivity contribution is -0.122. The summed E-state index contributed by atoms with van der Waals surface area (Å²) in [5.74, 6) is -1.29. The molecule has 0 saturated carbocycles. The summed E-state index contributed by atoms with van der Waals surface area (Å²) in [5.41, 5.74) is 0.809. The van der Waals surface area contributed by atoms with Gasteiger partial charge in [-0.15, -0.1) is 11.6 Å². The molecule has 1 fully saturated rings. The van der Waals surface area contributed by atoms with Crippen LogP contribution in [0, 0.1) is 18.7 Å². The number of halogens is 2. The monoisotopic (exact) mass is 255 g/mol. The minimum absolute atomic E-state index is 0.124. The van der Waals surface area contributed by atoms with E-state index in [-0.39, 0.29) is 29.9 Å². The number of carbonyl (C=O) groups is 2. The summed E-state index contributed by atoms with van der Waals surface area (Å²) in [4.78, 5) is 24.7. The number of rotatable bonds is 2. The molecule has 0 radical (unpaired) electrons. The topological polar surface area (TPSA) is 37.4 Å². The molecular formula is C12H11ClFNO2. The van der Waals surface area contributed by atoms with Gasteiger partial charge in [-0.25, -0.2) is 4.39 Å². The molecule has 2 amide bonds. The Morgan fingerprint density at radius 2 is 2.18 bits per heavy atom. The van der Waals surface area contributed by atoms with Crippen LogP contribution in [0.5, 0.6) is 0 Å². The Bertz CT molecular complexity index is 489. The standard InChI is InChI=1S/C12H11ClFNO2/c1-7-4-9(2-3-10(7)14)15-11(16)5-8(6-13)12(15)17/h2-4,8H,5-6H2,1H3. The lowest BCUT2D eigenvalue weighted by Crippen LogP contribution is -2.30. The number of aryl methyl sites for hydroxylation is 1. The van der Waals surface area contributed by atoms with Crippen molar-refractivity contribution in [2.24, 2.45) is 5.92 Å². The van der Waals surface area contributed by atoms with Crippen LogP contribution < -0.4 is 4.90 Å². The first-order valence-corrected chi connectivity index (χ1v) is 5.77. The van der Waals surface area contributed by atoms with E-state index in [4.69, 9.17) is 11.6 Å².